The molecule has 0 bridgehead atoms. The van der Waals surface area contributed by atoms with Gasteiger partial charge < -0.3 is 9.32 Å². The van der Waals surface area contributed by atoms with Crippen LogP contribution in [0.2, 0.25) is 0 Å². The Morgan fingerprint density at radius 3 is 0.863 bits per heavy atom. The number of fused-ring (bicyclic) bond motifs is 3. The standard InChI is InChI=1S/C51H58B24N4O/c52-20-14(21(53)31(63)35(67)30(20)62)16-24(56)37(69)44(38(70)25(16)57)79(45-39(71)26(58)17(27(59)40(45)72)15-22(54)32(64)36(68)33(65)23(15)55)46-41(73)28(60)18-13-19(29(61)34(66)42(74)47(13)80-48(18)43(46)75)51-77-49(11-7-3-1-4-8-11)76-50(78-51)12-9-5-2-6-10-12/h1-10H,52-75H2. The number of furan rings is 1. The van der Waals surface area contributed by atoms with Crippen molar-refractivity contribution < 1.29 is 4.42 Å². The molecule has 0 saturated carbocycles. The molecule has 8 aromatic carbocycles. The largest absolute Gasteiger partial charge is 0.457 e. The number of aromatic nitrogens is 3. The Kier molecular flexibility index (Phi) is 15.0. The van der Waals surface area contributed by atoms with Crippen LogP contribution in [0, 0.1) is 0 Å². The molecule has 0 fully saturated rings. The molecule has 0 N–H and O–H groups in total. The third-order valence-electron chi connectivity index (χ3n) is 20.3. The van der Waals surface area contributed by atoms with Crippen molar-refractivity contribution in [1.82, 2.24) is 15.0 Å². The molecule has 0 atom stereocenters. The molecule has 80 heavy (non-hydrogen) atoms. The van der Waals surface area contributed by atoms with Crippen molar-refractivity contribution in [3.63, 3.8) is 0 Å². The molecule has 0 saturated heterocycles. The Morgan fingerprint density at radius 1 is 0.237 bits per heavy atom. The summed E-state index contributed by atoms with van der Waals surface area (Å²) in [6.45, 7) is 0. The van der Waals surface area contributed by atoms with Crippen LogP contribution < -0.4 is 136 Å². The van der Waals surface area contributed by atoms with Gasteiger partial charge in [0.15, 0.2) is 17.5 Å². The lowest BCUT2D eigenvalue weighted by molar-refractivity contribution is 0.674. The molecule has 2 aromatic heterocycles. The highest BCUT2D eigenvalue weighted by molar-refractivity contribution is 6.74. The summed E-state index contributed by atoms with van der Waals surface area (Å²) in [5, 5.41) is 2.14. The van der Waals surface area contributed by atoms with Crippen LogP contribution in [0.25, 0.3) is 78.4 Å². The summed E-state index contributed by atoms with van der Waals surface area (Å²) in [6.07, 6.45) is 0. The monoisotopic (exact) mass is 1010 g/mol. The fourth-order valence-corrected chi connectivity index (χ4v) is 13.8. The van der Waals surface area contributed by atoms with E-state index in [2.05, 4.69) is 217 Å². The SMILES string of the molecule is Bc1c(B)c(B)c(-c2c(B)c(B)c(N(c3c(B)c(B)c(-c4c(B)c(B)c(B)c(B)c4B)c(B)c3B)c3c(B)c(B)c4c(oc5c(B)c(B)c(B)c(-c6nc(-c7ccccc7)nc(-c7ccccc7)n6)c54)c3B)c(B)c2B)c(B)c1B. The van der Waals surface area contributed by atoms with E-state index in [0.717, 1.165) is 66.2 Å². The fraction of sp³-hybridized carbons (Fsp3) is 0. The third kappa shape index (κ3) is 8.53. The second-order valence-corrected chi connectivity index (χ2v) is 23.8. The molecule has 0 aliphatic rings. The lowest BCUT2D eigenvalue weighted by atomic mass is 9.56. The number of benzene rings is 8. The molecule has 0 aliphatic carbocycles. The molecule has 0 spiro atoms. The van der Waals surface area contributed by atoms with Crippen LogP contribution in [0.3, 0.4) is 0 Å². The van der Waals surface area contributed by atoms with Gasteiger partial charge in [0.25, 0.3) is 0 Å². The van der Waals surface area contributed by atoms with Gasteiger partial charge >= 0.3 is 0 Å². The number of hydrogen-bond donors (Lipinski definition) is 0. The van der Waals surface area contributed by atoms with Crippen LogP contribution in [-0.2, 0) is 0 Å². The van der Waals surface area contributed by atoms with Gasteiger partial charge in [-0.25, -0.2) is 15.0 Å². The summed E-state index contributed by atoms with van der Waals surface area (Å²) in [5.41, 5.74) is 44.6. The minimum atomic E-state index is 0.634. The number of hydrogen-bond acceptors (Lipinski definition) is 5. The van der Waals surface area contributed by atoms with E-state index in [-0.39, 0.29) is 0 Å². The first-order chi connectivity index (χ1) is 37.8. The van der Waals surface area contributed by atoms with Crippen molar-refractivity contribution in [3.05, 3.63) is 60.7 Å². The van der Waals surface area contributed by atoms with Gasteiger partial charge in [0, 0.05) is 44.5 Å². The van der Waals surface area contributed by atoms with Crippen LogP contribution in [0.5, 0.6) is 0 Å². The van der Waals surface area contributed by atoms with Crippen LogP contribution in [0.15, 0.2) is 65.1 Å². The molecule has 0 aliphatic heterocycles. The summed E-state index contributed by atoms with van der Waals surface area (Å²) in [4.78, 5) is 18.5. The minimum Gasteiger partial charge on any atom is -0.457 e. The summed E-state index contributed by atoms with van der Waals surface area (Å²) in [5.74, 6) is 1.90. The van der Waals surface area contributed by atoms with Gasteiger partial charge in [-0.1, -0.05) is 154 Å². The maximum absolute atomic E-state index is 7.53. The van der Waals surface area contributed by atoms with Crippen molar-refractivity contribution in [3.8, 4) is 56.4 Å². The van der Waals surface area contributed by atoms with Crippen molar-refractivity contribution in [2.75, 3.05) is 4.90 Å². The zero-order chi connectivity index (χ0) is 58.1. The molecule has 29 heteroatoms. The number of anilines is 3. The molecule has 0 amide bonds. The first-order valence-electron chi connectivity index (χ1n) is 28.7. The molecule has 360 valence electrons. The van der Waals surface area contributed by atoms with E-state index in [1.54, 1.807) is 0 Å². The van der Waals surface area contributed by atoms with E-state index >= 15 is 0 Å². The van der Waals surface area contributed by atoms with E-state index in [0.29, 0.717) is 17.5 Å². The Morgan fingerprint density at radius 2 is 0.500 bits per heavy atom. The zero-order valence-electron chi connectivity index (χ0n) is 52.5. The van der Waals surface area contributed by atoms with E-state index < -0.39 is 0 Å². The van der Waals surface area contributed by atoms with Gasteiger partial charge in [-0.15, -0.1) is 32.8 Å². The molecule has 2 heterocycles. The molecular formula is C51H58B24N4O. The predicted molar refractivity (Wildman–Crippen MR) is 425 cm³/mol. The van der Waals surface area contributed by atoms with Crippen molar-refractivity contribution >= 4 is 358 Å². The van der Waals surface area contributed by atoms with Gasteiger partial charge in [0.1, 0.15) is 199 Å². The smallest absolute Gasteiger partial charge is 0.164 e. The van der Waals surface area contributed by atoms with Crippen molar-refractivity contribution in [2.45, 2.75) is 0 Å². The van der Waals surface area contributed by atoms with Gasteiger partial charge in [-0.3, -0.25) is 0 Å². The molecular weight excluding hydrogens is 944 g/mol. The lowest BCUT2D eigenvalue weighted by Gasteiger charge is -2.39. The Labute approximate surface area is 496 Å². The molecule has 0 radical (unpaired) electrons. The maximum atomic E-state index is 7.53. The van der Waals surface area contributed by atoms with Gasteiger partial charge in [0.2, 0.25) is 0 Å². The van der Waals surface area contributed by atoms with Crippen LogP contribution >= 0.6 is 0 Å². The highest BCUT2D eigenvalue weighted by Gasteiger charge is 2.33. The summed E-state index contributed by atoms with van der Waals surface area (Å²) in [7, 11) is 55.6. The Bertz CT molecular complexity index is 4060. The topological polar surface area (TPSA) is 55.1 Å². The normalized spacial score (nSPS) is 11.4. The molecule has 10 aromatic rings. The average molecular weight is 1000 g/mol. The van der Waals surface area contributed by atoms with Crippen molar-refractivity contribution in [1.29, 1.82) is 0 Å². The van der Waals surface area contributed by atoms with Crippen LogP contribution in [0.1, 0.15) is 0 Å². The predicted octanol–water partition coefficient (Wildman–Crippen LogP) is -28.2. The van der Waals surface area contributed by atoms with Gasteiger partial charge in [-0.2, -0.15) is 0 Å². The Hall–Kier alpha value is -6.07. The van der Waals surface area contributed by atoms with E-state index in [9.17, 15) is 0 Å². The first-order valence-corrected chi connectivity index (χ1v) is 28.7. The highest BCUT2D eigenvalue weighted by atomic mass is 16.3. The summed E-state index contributed by atoms with van der Waals surface area (Å²) in [6, 6.07) is 20.5. The minimum absolute atomic E-state index is 0.634. The van der Waals surface area contributed by atoms with E-state index in [1.165, 1.54) is 143 Å². The third-order valence-corrected chi connectivity index (χ3v) is 20.3. The maximum Gasteiger partial charge on any atom is 0.164 e. The summed E-state index contributed by atoms with van der Waals surface area (Å²) >= 11 is 0. The van der Waals surface area contributed by atoms with E-state index in [4.69, 9.17) is 19.4 Å². The average Bonchev–Trinajstić information content (AvgIpc) is 3.97. The van der Waals surface area contributed by atoms with Gasteiger partial charge in [0.05, 0.1) is 0 Å². The number of rotatable bonds is 8. The molecule has 5 nitrogen and oxygen atoms in total. The quantitative estimate of drug-likeness (QED) is 0.142. The highest BCUT2D eigenvalue weighted by Crippen LogP contribution is 2.36. The fourth-order valence-electron chi connectivity index (χ4n) is 13.8. The lowest BCUT2D eigenvalue weighted by Crippen LogP contribution is -2.58. The zero-order valence-corrected chi connectivity index (χ0v) is 52.5. The second kappa shape index (κ2) is 21.0. The van der Waals surface area contributed by atoms with Crippen LogP contribution in [0.4, 0.5) is 17.1 Å². The van der Waals surface area contributed by atoms with Gasteiger partial charge in [-0.05, 0) is 27.7 Å². The first kappa shape index (κ1) is 57.2. The molecule has 10 rings (SSSR count). The second-order valence-electron chi connectivity index (χ2n) is 23.8. The van der Waals surface area contributed by atoms with E-state index in [1.807, 2.05) is 36.4 Å². The molecule has 0 unspecified atom stereocenters. The van der Waals surface area contributed by atoms with Crippen LogP contribution in [-0.4, -0.2) is 203 Å². The Balaban J connectivity index is 1.34. The summed E-state index contributed by atoms with van der Waals surface area (Å²) < 4.78 is 7.53. The van der Waals surface area contributed by atoms with Crippen molar-refractivity contribution in [2.24, 2.45) is 0 Å². The number of nitrogens with zero attached hydrogens (tertiary/aromatic N) is 4.